The largest absolute Gasteiger partial charge is 0.483 e. The predicted molar refractivity (Wildman–Crippen MR) is 102 cm³/mol. The van der Waals surface area contributed by atoms with Gasteiger partial charge in [-0.25, -0.2) is 13.2 Å². The Kier molecular flexibility index (Phi) is 5.03. The summed E-state index contributed by atoms with van der Waals surface area (Å²) < 4.78 is 34.4. The third kappa shape index (κ3) is 3.85. The molecular formula is C19H23NO6S. The number of amides is 1. The number of nitrogens with zero attached hydrogens (tertiary/aromatic N) is 1. The van der Waals surface area contributed by atoms with Gasteiger partial charge in [-0.05, 0) is 50.5 Å². The Morgan fingerprint density at radius 1 is 1.26 bits per heavy atom. The normalized spacial score (nSPS) is 18.6. The van der Waals surface area contributed by atoms with Gasteiger partial charge in [0, 0.05) is 18.7 Å². The number of carbonyl (C=O) groups is 1. The van der Waals surface area contributed by atoms with E-state index in [1.807, 2.05) is 13.8 Å². The van der Waals surface area contributed by atoms with Crippen LogP contribution >= 0.6 is 0 Å². The number of hydrogen-bond donors (Lipinski definition) is 0. The van der Waals surface area contributed by atoms with Gasteiger partial charge >= 0.3 is 5.63 Å². The molecule has 0 saturated carbocycles. The van der Waals surface area contributed by atoms with E-state index in [4.69, 9.17) is 9.15 Å². The van der Waals surface area contributed by atoms with Crippen LogP contribution in [0.5, 0.6) is 5.75 Å². The number of hydrogen-bond acceptors (Lipinski definition) is 6. The fourth-order valence-electron chi connectivity index (χ4n) is 3.33. The molecule has 2 aromatic rings. The number of aryl methyl sites for hydroxylation is 2. The van der Waals surface area contributed by atoms with Crippen molar-refractivity contribution in [1.82, 2.24) is 4.90 Å². The molecule has 2 heterocycles. The number of likely N-dealkylation sites (N-methyl/N-ethyl adjacent to an activating group) is 1. The number of fused-ring (bicyclic) bond motifs is 1. The molecule has 27 heavy (non-hydrogen) atoms. The van der Waals surface area contributed by atoms with E-state index < -0.39 is 15.5 Å². The summed E-state index contributed by atoms with van der Waals surface area (Å²) in [4.78, 5) is 25.8. The van der Waals surface area contributed by atoms with Crippen molar-refractivity contribution >= 4 is 26.7 Å². The highest BCUT2D eigenvalue weighted by atomic mass is 32.2. The zero-order valence-electron chi connectivity index (χ0n) is 15.9. The SMILES string of the molecule is Cc1cc(OCC(=O)N(C)[C@H]2CCS(=O)(=O)C2)c2c(C)c(C)c(=O)oc2c1. The summed E-state index contributed by atoms with van der Waals surface area (Å²) in [7, 11) is -1.47. The molecule has 1 atom stereocenters. The average molecular weight is 393 g/mol. The number of carbonyl (C=O) groups excluding carboxylic acids is 1. The van der Waals surface area contributed by atoms with E-state index in [0.29, 0.717) is 28.7 Å². The smallest absolute Gasteiger partial charge is 0.339 e. The third-order valence-electron chi connectivity index (χ3n) is 5.16. The van der Waals surface area contributed by atoms with Crippen LogP contribution in [0.25, 0.3) is 11.0 Å². The first-order valence-electron chi connectivity index (χ1n) is 8.72. The van der Waals surface area contributed by atoms with Crippen molar-refractivity contribution in [3.8, 4) is 5.75 Å². The highest BCUT2D eigenvalue weighted by Crippen LogP contribution is 2.31. The van der Waals surface area contributed by atoms with Crippen molar-refractivity contribution in [2.45, 2.75) is 33.2 Å². The Labute approximate surface area is 157 Å². The molecule has 7 nitrogen and oxygen atoms in total. The van der Waals surface area contributed by atoms with Crippen LogP contribution in [-0.2, 0) is 14.6 Å². The van der Waals surface area contributed by atoms with Crippen LogP contribution in [0, 0.1) is 20.8 Å². The van der Waals surface area contributed by atoms with Gasteiger partial charge in [-0.1, -0.05) is 0 Å². The lowest BCUT2D eigenvalue weighted by Gasteiger charge is -2.23. The van der Waals surface area contributed by atoms with Gasteiger partial charge < -0.3 is 14.1 Å². The Balaban J connectivity index is 1.84. The summed E-state index contributed by atoms with van der Waals surface area (Å²) in [5, 5.41) is 0.664. The van der Waals surface area contributed by atoms with Crippen molar-refractivity contribution < 1.29 is 22.4 Å². The second-order valence-corrected chi connectivity index (χ2v) is 9.35. The lowest BCUT2D eigenvalue weighted by Crippen LogP contribution is -2.40. The first-order valence-corrected chi connectivity index (χ1v) is 10.5. The molecule has 0 bridgehead atoms. The lowest BCUT2D eigenvalue weighted by atomic mass is 10.0. The molecule has 146 valence electrons. The fraction of sp³-hybridized carbons (Fsp3) is 0.474. The summed E-state index contributed by atoms with van der Waals surface area (Å²) in [6.45, 7) is 5.12. The summed E-state index contributed by atoms with van der Waals surface area (Å²) in [6, 6.07) is 3.23. The van der Waals surface area contributed by atoms with Gasteiger partial charge in [0.25, 0.3) is 5.91 Å². The Hall–Kier alpha value is -2.35. The summed E-state index contributed by atoms with van der Waals surface area (Å²) in [6.07, 6.45) is 0.446. The molecular weight excluding hydrogens is 370 g/mol. The first kappa shape index (κ1) is 19.4. The molecule has 1 aromatic carbocycles. The van der Waals surface area contributed by atoms with E-state index in [0.717, 1.165) is 11.1 Å². The molecule has 1 aromatic heterocycles. The van der Waals surface area contributed by atoms with Gasteiger partial charge in [-0.15, -0.1) is 0 Å². The topological polar surface area (TPSA) is 93.9 Å². The molecule has 1 amide bonds. The Morgan fingerprint density at radius 3 is 2.59 bits per heavy atom. The maximum atomic E-state index is 12.5. The van der Waals surface area contributed by atoms with E-state index >= 15 is 0 Å². The average Bonchev–Trinajstić information content (AvgIpc) is 2.96. The molecule has 1 aliphatic rings. The van der Waals surface area contributed by atoms with Gasteiger partial charge in [0.2, 0.25) is 0 Å². The maximum Gasteiger partial charge on any atom is 0.339 e. The van der Waals surface area contributed by atoms with Crippen LogP contribution in [0.15, 0.2) is 21.3 Å². The van der Waals surface area contributed by atoms with Crippen molar-refractivity contribution in [3.63, 3.8) is 0 Å². The van der Waals surface area contributed by atoms with E-state index in [2.05, 4.69) is 0 Å². The molecule has 0 N–H and O–H groups in total. The molecule has 0 unspecified atom stereocenters. The van der Waals surface area contributed by atoms with Crippen LogP contribution in [0.3, 0.4) is 0 Å². The van der Waals surface area contributed by atoms with Gasteiger partial charge in [-0.2, -0.15) is 0 Å². The van der Waals surface area contributed by atoms with Gasteiger partial charge in [0.05, 0.1) is 16.9 Å². The second-order valence-electron chi connectivity index (χ2n) is 7.13. The summed E-state index contributed by atoms with van der Waals surface area (Å²) in [5.41, 5.74) is 2.11. The monoisotopic (exact) mass is 393 g/mol. The summed E-state index contributed by atoms with van der Waals surface area (Å²) in [5.74, 6) is 0.274. The van der Waals surface area contributed by atoms with Crippen molar-refractivity contribution in [2.24, 2.45) is 0 Å². The van der Waals surface area contributed by atoms with Crippen LogP contribution in [-0.4, -0.2) is 50.4 Å². The van der Waals surface area contributed by atoms with E-state index in [-0.39, 0.29) is 30.1 Å². The Bertz CT molecular complexity index is 1070. The van der Waals surface area contributed by atoms with Gasteiger partial charge in [-0.3, -0.25) is 4.79 Å². The second kappa shape index (κ2) is 6.99. The zero-order valence-corrected chi connectivity index (χ0v) is 16.7. The van der Waals surface area contributed by atoms with E-state index in [1.54, 1.807) is 26.1 Å². The fourth-order valence-corrected chi connectivity index (χ4v) is 5.10. The van der Waals surface area contributed by atoms with Crippen LogP contribution in [0.4, 0.5) is 0 Å². The number of benzene rings is 1. The van der Waals surface area contributed by atoms with Crippen LogP contribution in [0.2, 0.25) is 0 Å². The van der Waals surface area contributed by atoms with Gasteiger partial charge in [0.1, 0.15) is 11.3 Å². The molecule has 3 rings (SSSR count). The minimum absolute atomic E-state index is 0.00786. The maximum absolute atomic E-state index is 12.5. The first-order chi connectivity index (χ1) is 12.6. The Morgan fingerprint density at radius 2 is 1.96 bits per heavy atom. The molecule has 0 aliphatic carbocycles. The number of rotatable bonds is 4. The number of ether oxygens (including phenoxy) is 1. The standard InChI is InChI=1S/C19H23NO6S/c1-11-7-15(18-12(2)13(3)19(22)26-16(18)8-11)25-9-17(21)20(4)14-5-6-27(23,24)10-14/h7-8,14H,5-6,9-10H2,1-4H3/t14-/m0/s1. The van der Waals surface area contributed by atoms with E-state index in [9.17, 15) is 18.0 Å². The third-order valence-corrected chi connectivity index (χ3v) is 6.91. The van der Waals surface area contributed by atoms with Crippen molar-refractivity contribution in [3.05, 3.63) is 39.2 Å². The highest BCUT2D eigenvalue weighted by molar-refractivity contribution is 7.91. The molecule has 1 fully saturated rings. The molecule has 1 aliphatic heterocycles. The minimum atomic E-state index is -3.07. The molecule has 0 spiro atoms. The molecule has 0 radical (unpaired) electrons. The molecule has 1 saturated heterocycles. The quantitative estimate of drug-likeness (QED) is 0.735. The van der Waals surface area contributed by atoms with E-state index in [1.165, 1.54) is 4.90 Å². The predicted octanol–water partition coefficient (Wildman–Crippen LogP) is 1.74. The summed E-state index contributed by atoms with van der Waals surface area (Å²) >= 11 is 0. The van der Waals surface area contributed by atoms with Crippen molar-refractivity contribution in [1.29, 1.82) is 0 Å². The zero-order chi connectivity index (χ0) is 19.9. The van der Waals surface area contributed by atoms with Crippen LogP contribution in [0.1, 0.15) is 23.1 Å². The lowest BCUT2D eigenvalue weighted by molar-refractivity contribution is -0.133. The number of sulfone groups is 1. The van der Waals surface area contributed by atoms with Crippen molar-refractivity contribution in [2.75, 3.05) is 25.2 Å². The highest BCUT2D eigenvalue weighted by Gasteiger charge is 2.32. The minimum Gasteiger partial charge on any atom is -0.483 e. The van der Waals surface area contributed by atoms with Crippen LogP contribution < -0.4 is 10.4 Å². The molecule has 8 heteroatoms. The van der Waals surface area contributed by atoms with Gasteiger partial charge in [0.15, 0.2) is 16.4 Å².